The first kappa shape index (κ1) is 21.5. The van der Waals surface area contributed by atoms with Crippen LogP contribution in [0, 0.1) is 5.82 Å². The summed E-state index contributed by atoms with van der Waals surface area (Å²) in [5.74, 6) is -1.18. The predicted octanol–water partition coefficient (Wildman–Crippen LogP) is 1.90. The number of ether oxygens (including phenoxy) is 1. The van der Waals surface area contributed by atoms with E-state index in [2.05, 4.69) is 0 Å². The maximum absolute atomic E-state index is 13.8. The fraction of sp³-hybridized carbons (Fsp3) is 0.261. The summed E-state index contributed by atoms with van der Waals surface area (Å²) < 4.78 is 24.9. The van der Waals surface area contributed by atoms with E-state index in [1.165, 1.54) is 12.1 Å². The minimum atomic E-state index is -0.702. The van der Waals surface area contributed by atoms with Crippen LogP contribution in [0.4, 0.5) is 4.39 Å². The lowest BCUT2D eigenvalue weighted by Crippen LogP contribution is -2.35. The number of nitrogens with zero attached hydrogens (tertiary/aromatic N) is 2. The molecule has 9 heteroatoms. The molecule has 0 fully saturated rings. The molecular formula is C23H22FN3O5. The van der Waals surface area contributed by atoms with Gasteiger partial charge in [-0.2, -0.15) is 0 Å². The number of likely N-dealkylation sites (N-methyl/N-ethyl adjacent to an activating group) is 1. The van der Waals surface area contributed by atoms with Gasteiger partial charge in [0, 0.05) is 13.1 Å². The molecule has 1 unspecified atom stereocenters. The van der Waals surface area contributed by atoms with Crippen molar-refractivity contribution in [1.29, 1.82) is 0 Å². The van der Waals surface area contributed by atoms with E-state index in [0.29, 0.717) is 24.4 Å². The summed E-state index contributed by atoms with van der Waals surface area (Å²) in [6.07, 6.45) is 0. The second-order valence-corrected chi connectivity index (χ2v) is 7.84. The van der Waals surface area contributed by atoms with E-state index in [9.17, 15) is 18.8 Å². The van der Waals surface area contributed by atoms with Gasteiger partial charge >= 0.3 is 0 Å². The third-order valence-corrected chi connectivity index (χ3v) is 5.29. The smallest absolute Gasteiger partial charge is 0.290 e. The second kappa shape index (κ2) is 8.43. The van der Waals surface area contributed by atoms with Crippen LogP contribution in [0.3, 0.4) is 0 Å². The maximum atomic E-state index is 13.8. The van der Waals surface area contributed by atoms with Crippen molar-refractivity contribution < 1.29 is 23.1 Å². The Kier molecular flexibility index (Phi) is 5.67. The monoisotopic (exact) mass is 439 g/mol. The molecule has 0 bridgehead atoms. The number of rotatable bonds is 7. The highest BCUT2D eigenvalue weighted by Crippen LogP contribution is 2.38. The predicted molar refractivity (Wildman–Crippen MR) is 115 cm³/mol. The Morgan fingerprint density at radius 1 is 1.19 bits per heavy atom. The van der Waals surface area contributed by atoms with Crippen LogP contribution >= 0.6 is 0 Å². The van der Waals surface area contributed by atoms with E-state index in [1.54, 1.807) is 29.2 Å². The summed E-state index contributed by atoms with van der Waals surface area (Å²) in [5.41, 5.74) is 5.65. The van der Waals surface area contributed by atoms with Gasteiger partial charge in [-0.3, -0.25) is 14.4 Å². The van der Waals surface area contributed by atoms with Crippen molar-refractivity contribution in [1.82, 2.24) is 9.80 Å². The van der Waals surface area contributed by atoms with Crippen molar-refractivity contribution in [2.75, 3.05) is 33.8 Å². The van der Waals surface area contributed by atoms with Crippen LogP contribution in [0.1, 0.15) is 27.7 Å². The van der Waals surface area contributed by atoms with Gasteiger partial charge in [0.2, 0.25) is 5.76 Å². The third kappa shape index (κ3) is 3.94. The molecule has 0 saturated carbocycles. The van der Waals surface area contributed by atoms with Gasteiger partial charge in [0.1, 0.15) is 17.1 Å². The number of carbonyl (C=O) groups is 2. The zero-order valence-corrected chi connectivity index (χ0v) is 17.6. The Morgan fingerprint density at radius 3 is 2.56 bits per heavy atom. The van der Waals surface area contributed by atoms with Crippen molar-refractivity contribution >= 4 is 22.8 Å². The minimum Gasteiger partial charge on any atom is -0.484 e. The summed E-state index contributed by atoms with van der Waals surface area (Å²) >= 11 is 0. The normalized spacial score (nSPS) is 15.4. The molecule has 1 aromatic heterocycles. The molecule has 4 rings (SSSR count). The number of hydrogen-bond donors (Lipinski definition) is 1. The Morgan fingerprint density at radius 2 is 1.91 bits per heavy atom. The number of carbonyl (C=O) groups excluding carboxylic acids is 2. The van der Waals surface area contributed by atoms with Crippen LogP contribution in [0.5, 0.6) is 5.75 Å². The van der Waals surface area contributed by atoms with E-state index < -0.39 is 29.1 Å². The summed E-state index contributed by atoms with van der Waals surface area (Å²) in [6.45, 7) is 0.656. The molecule has 3 aromatic rings. The Balaban J connectivity index is 1.82. The highest BCUT2D eigenvalue weighted by atomic mass is 19.1. The first-order valence-electron chi connectivity index (χ1n) is 9.99. The highest BCUT2D eigenvalue weighted by molar-refractivity contribution is 5.99. The Hall–Kier alpha value is -3.72. The van der Waals surface area contributed by atoms with Crippen LogP contribution in [-0.4, -0.2) is 55.4 Å². The van der Waals surface area contributed by atoms with E-state index >= 15 is 0 Å². The first-order chi connectivity index (χ1) is 15.3. The first-order valence-corrected chi connectivity index (χ1v) is 9.99. The molecule has 32 heavy (non-hydrogen) atoms. The molecule has 2 aromatic carbocycles. The fourth-order valence-corrected chi connectivity index (χ4v) is 3.78. The molecule has 0 saturated heterocycles. The van der Waals surface area contributed by atoms with Crippen molar-refractivity contribution in [2.24, 2.45) is 5.73 Å². The molecule has 1 aliphatic rings. The van der Waals surface area contributed by atoms with E-state index in [-0.39, 0.29) is 28.9 Å². The van der Waals surface area contributed by atoms with Gasteiger partial charge in [-0.05, 0) is 50.0 Å². The number of hydrogen-bond acceptors (Lipinski definition) is 6. The van der Waals surface area contributed by atoms with Gasteiger partial charge in [0.05, 0.1) is 17.0 Å². The molecule has 1 atom stereocenters. The lowest BCUT2D eigenvalue weighted by Gasteiger charge is -2.26. The fourth-order valence-electron chi connectivity index (χ4n) is 3.78. The van der Waals surface area contributed by atoms with Crippen LogP contribution in [-0.2, 0) is 4.79 Å². The molecule has 2 N–H and O–H groups in total. The third-order valence-electron chi connectivity index (χ3n) is 5.29. The summed E-state index contributed by atoms with van der Waals surface area (Å²) in [7, 11) is 3.77. The number of primary amides is 1. The number of amides is 2. The van der Waals surface area contributed by atoms with Gasteiger partial charge in [-0.15, -0.1) is 0 Å². The van der Waals surface area contributed by atoms with Crippen LogP contribution in [0.2, 0.25) is 0 Å². The van der Waals surface area contributed by atoms with E-state index in [0.717, 1.165) is 6.07 Å². The average Bonchev–Trinajstić information content (AvgIpc) is 3.03. The van der Waals surface area contributed by atoms with Crippen molar-refractivity contribution in [3.63, 3.8) is 0 Å². The number of nitrogens with two attached hydrogens (primary N) is 1. The highest BCUT2D eigenvalue weighted by Gasteiger charge is 2.42. The zero-order valence-electron chi connectivity index (χ0n) is 17.6. The molecule has 0 radical (unpaired) electrons. The lowest BCUT2D eigenvalue weighted by molar-refractivity contribution is -0.119. The average molecular weight is 439 g/mol. The maximum Gasteiger partial charge on any atom is 0.290 e. The quantitative estimate of drug-likeness (QED) is 0.603. The molecule has 0 spiro atoms. The summed E-state index contributed by atoms with van der Waals surface area (Å²) in [4.78, 5) is 41.0. The molecule has 2 amide bonds. The van der Waals surface area contributed by atoms with E-state index in [1.807, 2.05) is 19.0 Å². The molecule has 2 heterocycles. The number of benzene rings is 2. The van der Waals surface area contributed by atoms with Crippen molar-refractivity contribution in [2.45, 2.75) is 6.04 Å². The van der Waals surface area contributed by atoms with Gasteiger partial charge < -0.3 is 24.7 Å². The summed E-state index contributed by atoms with van der Waals surface area (Å²) in [5, 5.41) is 0.0809. The lowest BCUT2D eigenvalue weighted by atomic mass is 9.98. The number of halogens is 1. The van der Waals surface area contributed by atoms with Gasteiger partial charge in [0.15, 0.2) is 12.0 Å². The molecule has 1 aliphatic heterocycles. The zero-order chi connectivity index (χ0) is 23.0. The van der Waals surface area contributed by atoms with Crippen molar-refractivity contribution in [3.05, 3.63) is 75.4 Å². The molecular weight excluding hydrogens is 417 g/mol. The molecule has 0 aliphatic carbocycles. The van der Waals surface area contributed by atoms with Crippen molar-refractivity contribution in [3.8, 4) is 5.75 Å². The second-order valence-electron chi connectivity index (χ2n) is 7.84. The summed E-state index contributed by atoms with van der Waals surface area (Å²) in [6, 6.07) is 9.63. The van der Waals surface area contributed by atoms with Gasteiger partial charge in [-0.25, -0.2) is 4.39 Å². The van der Waals surface area contributed by atoms with Gasteiger partial charge in [0.25, 0.3) is 11.8 Å². The molecule has 8 nitrogen and oxygen atoms in total. The largest absolute Gasteiger partial charge is 0.484 e. The van der Waals surface area contributed by atoms with Crippen LogP contribution in [0.15, 0.2) is 51.7 Å². The van der Waals surface area contributed by atoms with Crippen LogP contribution in [0.25, 0.3) is 11.0 Å². The minimum absolute atomic E-state index is 0.0353. The standard InChI is InChI=1S/C23H22FN3O5/c1-26(2)9-10-27-20(13-3-6-15(7-4-13)31-12-18(25)28)19-21(29)16-11-14(24)5-8-17(16)32-22(19)23(27)30/h3-8,11,20H,9-10,12H2,1-2H3,(H2,25,28). The SMILES string of the molecule is CN(C)CCN1C(=O)c2oc3ccc(F)cc3c(=O)c2C1c1ccc(OCC(N)=O)cc1. The number of fused-ring (bicyclic) bond motifs is 2. The topological polar surface area (TPSA) is 106 Å². The Labute approximate surface area is 183 Å². The van der Waals surface area contributed by atoms with E-state index in [4.69, 9.17) is 14.9 Å². The molecule has 166 valence electrons. The van der Waals surface area contributed by atoms with Crippen LogP contribution < -0.4 is 15.9 Å². The van der Waals surface area contributed by atoms with Gasteiger partial charge in [-0.1, -0.05) is 12.1 Å². The Bertz CT molecular complexity index is 1250.